The highest BCUT2D eigenvalue weighted by molar-refractivity contribution is 5.92. The van der Waals surface area contributed by atoms with E-state index in [1.165, 1.54) is 6.07 Å². The third-order valence-corrected chi connectivity index (χ3v) is 2.13. The van der Waals surface area contributed by atoms with Crippen LogP contribution in [0, 0.1) is 11.6 Å². The van der Waals surface area contributed by atoms with Gasteiger partial charge in [0.05, 0.1) is 6.54 Å². The standard InChI is InChI=1S/C11H15F2N3O/c1-16(5-4-14)7-11(17)15-8-2-3-9(12)10(13)6-8/h2-3,6H,4-5,7,14H2,1H3,(H,15,17). The lowest BCUT2D eigenvalue weighted by Gasteiger charge is -2.14. The zero-order valence-electron chi connectivity index (χ0n) is 9.54. The fourth-order valence-corrected chi connectivity index (χ4v) is 1.32. The monoisotopic (exact) mass is 243 g/mol. The Balaban J connectivity index is 2.53. The van der Waals surface area contributed by atoms with Crippen molar-refractivity contribution in [3.05, 3.63) is 29.8 Å². The number of amides is 1. The first-order chi connectivity index (χ1) is 8.02. The van der Waals surface area contributed by atoms with Gasteiger partial charge in [0.15, 0.2) is 11.6 Å². The summed E-state index contributed by atoms with van der Waals surface area (Å²) in [6.45, 7) is 1.19. The molecule has 0 radical (unpaired) electrons. The Morgan fingerprint density at radius 1 is 1.41 bits per heavy atom. The average molecular weight is 243 g/mol. The minimum absolute atomic E-state index is 0.149. The second-order valence-electron chi connectivity index (χ2n) is 3.70. The Bertz CT molecular complexity index is 398. The number of rotatable bonds is 5. The highest BCUT2D eigenvalue weighted by Crippen LogP contribution is 2.12. The van der Waals surface area contributed by atoms with Gasteiger partial charge in [0.25, 0.3) is 0 Å². The fourth-order valence-electron chi connectivity index (χ4n) is 1.32. The van der Waals surface area contributed by atoms with Crippen LogP contribution in [0.3, 0.4) is 0 Å². The maximum atomic E-state index is 12.9. The van der Waals surface area contributed by atoms with E-state index >= 15 is 0 Å². The Hall–Kier alpha value is -1.53. The molecule has 0 aliphatic rings. The third-order valence-electron chi connectivity index (χ3n) is 2.13. The maximum absolute atomic E-state index is 12.9. The van der Waals surface area contributed by atoms with Crippen molar-refractivity contribution < 1.29 is 13.6 Å². The molecule has 0 fully saturated rings. The van der Waals surface area contributed by atoms with E-state index in [1.54, 1.807) is 11.9 Å². The van der Waals surface area contributed by atoms with Crippen LogP contribution in [0.5, 0.6) is 0 Å². The summed E-state index contributed by atoms with van der Waals surface area (Å²) in [7, 11) is 1.75. The van der Waals surface area contributed by atoms with Crippen LogP contribution in [0.25, 0.3) is 0 Å². The molecule has 0 saturated heterocycles. The quantitative estimate of drug-likeness (QED) is 0.804. The molecule has 1 aromatic carbocycles. The predicted molar refractivity (Wildman–Crippen MR) is 61.5 cm³/mol. The van der Waals surface area contributed by atoms with Crippen molar-refractivity contribution in [2.24, 2.45) is 5.73 Å². The van der Waals surface area contributed by atoms with Gasteiger partial charge in [-0.2, -0.15) is 0 Å². The molecule has 0 atom stereocenters. The van der Waals surface area contributed by atoms with E-state index in [0.717, 1.165) is 12.1 Å². The van der Waals surface area contributed by atoms with E-state index in [9.17, 15) is 13.6 Å². The lowest BCUT2D eigenvalue weighted by Crippen LogP contribution is -2.33. The number of carbonyl (C=O) groups excluding carboxylic acids is 1. The van der Waals surface area contributed by atoms with Crippen LogP contribution in [-0.2, 0) is 4.79 Å². The number of carbonyl (C=O) groups is 1. The SMILES string of the molecule is CN(CCN)CC(=O)Nc1ccc(F)c(F)c1. The van der Waals surface area contributed by atoms with Gasteiger partial charge in [-0.1, -0.05) is 0 Å². The molecule has 0 unspecified atom stereocenters. The molecule has 0 bridgehead atoms. The topological polar surface area (TPSA) is 58.4 Å². The van der Waals surface area contributed by atoms with Crippen LogP contribution in [0.2, 0.25) is 0 Å². The molecule has 0 saturated carbocycles. The Kier molecular flexibility index (Phi) is 4.99. The highest BCUT2D eigenvalue weighted by Gasteiger charge is 2.08. The smallest absolute Gasteiger partial charge is 0.238 e. The number of nitrogens with one attached hydrogen (secondary N) is 1. The van der Waals surface area contributed by atoms with Crippen molar-refractivity contribution in [1.29, 1.82) is 0 Å². The molecule has 94 valence electrons. The molecule has 3 N–H and O–H groups in total. The second kappa shape index (κ2) is 6.27. The summed E-state index contributed by atoms with van der Waals surface area (Å²) >= 11 is 0. The van der Waals surface area contributed by atoms with E-state index in [-0.39, 0.29) is 18.1 Å². The Morgan fingerprint density at radius 2 is 2.12 bits per heavy atom. The molecule has 17 heavy (non-hydrogen) atoms. The van der Waals surface area contributed by atoms with Crippen molar-refractivity contribution in [3.63, 3.8) is 0 Å². The van der Waals surface area contributed by atoms with Crippen molar-refractivity contribution in [1.82, 2.24) is 4.90 Å². The van der Waals surface area contributed by atoms with E-state index in [1.807, 2.05) is 0 Å². The molecular formula is C11H15F2N3O. The normalized spacial score (nSPS) is 10.6. The van der Waals surface area contributed by atoms with Gasteiger partial charge < -0.3 is 11.1 Å². The van der Waals surface area contributed by atoms with Gasteiger partial charge in [-0.05, 0) is 19.2 Å². The van der Waals surface area contributed by atoms with Crippen molar-refractivity contribution in [2.45, 2.75) is 0 Å². The van der Waals surface area contributed by atoms with E-state index < -0.39 is 11.6 Å². The summed E-state index contributed by atoms with van der Waals surface area (Å²) in [6, 6.07) is 3.21. The molecule has 1 aromatic rings. The van der Waals surface area contributed by atoms with Gasteiger partial charge in [-0.3, -0.25) is 9.69 Å². The minimum atomic E-state index is -0.988. The molecular weight excluding hydrogens is 228 g/mol. The van der Waals surface area contributed by atoms with E-state index in [4.69, 9.17) is 5.73 Å². The number of nitrogens with zero attached hydrogens (tertiary/aromatic N) is 1. The second-order valence-corrected chi connectivity index (χ2v) is 3.70. The summed E-state index contributed by atoms with van der Waals surface area (Å²) in [5.41, 5.74) is 5.56. The maximum Gasteiger partial charge on any atom is 0.238 e. The van der Waals surface area contributed by atoms with Gasteiger partial charge in [0.2, 0.25) is 5.91 Å². The van der Waals surface area contributed by atoms with Crippen LogP contribution in [0.4, 0.5) is 14.5 Å². The molecule has 1 rings (SSSR count). The van der Waals surface area contributed by atoms with Gasteiger partial charge in [0.1, 0.15) is 0 Å². The van der Waals surface area contributed by atoms with Crippen LogP contribution in [-0.4, -0.2) is 37.5 Å². The number of benzene rings is 1. The van der Waals surface area contributed by atoms with Crippen molar-refractivity contribution >= 4 is 11.6 Å². The van der Waals surface area contributed by atoms with Gasteiger partial charge >= 0.3 is 0 Å². The number of likely N-dealkylation sites (N-methyl/N-ethyl adjacent to an activating group) is 1. The van der Waals surface area contributed by atoms with Crippen LogP contribution in [0.1, 0.15) is 0 Å². The minimum Gasteiger partial charge on any atom is -0.329 e. The summed E-state index contributed by atoms with van der Waals surface area (Å²) in [5, 5.41) is 2.47. The number of nitrogens with two attached hydrogens (primary N) is 1. The summed E-state index contributed by atoms with van der Waals surface area (Å²) < 4.78 is 25.5. The zero-order valence-corrected chi connectivity index (χ0v) is 9.54. The Morgan fingerprint density at radius 3 is 2.71 bits per heavy atom. The van der Waals surface area contributed by atoms with Crippen molar-refractivity contribution in [2.75, 3.05) is 32.0 Å². The fraction of sp³-hybridized carbons (Fsp3) is 0.364. The number of hydrogen-bond acceptors (Lipinski definition) is 3. The largest absolute Gasteiger partial charge is 0.329 e. The molecule has 4 nitrogen and oxygen atoms in total. The average Bonchev–Trinajstić information content (AvgIpc) is 2.23. The van der Waals surface area contributed by atoms with Gasteiger partial charge in [-0.25, -0.2) is 8.78 Å². The number of hydrogen-bond donors (Lipinski definition) is 2. The molecule has 0 spiro atoms. The number of halogens is 2. The zero-order chi connectivity index (χ0) is 12.8. The predicted octanol–water partition coefficient (Wildman–Crippen LogP) is 0.794. The van der Waals surface area contributed by atoms with E-state index in [2.05, 4.69) is 5.32 Å². The molecule has 1 amide bonds. The first-order valence-electron chi connectivity index (χ1n) is 5.16. The summed E-state index contributed by atoms with van der Waals surface area (Å²) in [6.07, 6.45) is 0. The Labute approximate surface area is 98.4 Å². The van der Waals surface area contributed by atoms with Gasteiger partial charge in [0, 0.05) is 24.8 Å². The molecule has 0 aliphatic heterocycles. The molecule has 0 aromatic heterocycles. The summed E-state index contributed by atoms with van der Waals surface area (Å²) in [5.74, 6) is -2.23. The first kappa shape index (κ1) is 13.5. The lowest BCUT2D eigenvalue weighted by atomic mass is 10.3. The van der Waals surface area contributed by atoms with Crippen LogP contribution >= 0.6 is 0 Å². The molecule has 0 heterocycles. The number of anilines is 1. The van der Waals surface area contributed by atoms with Crippen LogP contribution in [0.15, 0.2) is 18.2 Å². The lowest BCUT2D eigenvalue weighted by molar-refractivity contribution is -0.117. The molecule has 0 aliphatic carbocycles. The van der Waals surface area contributed by atoms with E-state index in [0.29, 0.717) is 13.1 Å². The first-order valence-corrected chi connectivity index (χ1v) is 5.16. The van der Waals surface area contributed by atoms with Crippen molar-refractivity contribution in [3.8, 4) is 0 Å². The van der Waals surface area contributed by atoms with Gasteiger partial charge in [-0.15, -0.1) is 0 Å². The highest BCUT2D eigenvalue weighted by atomic mass is 19.2. The third kappa shape index (κ3) is 4.46. The molecule has 6 heteroatoms. The van der Waals surface area contributed by atoms with Crippen LogP contribution < -0.4 is 11.1 Å². The summed E-state index contributed by atoms with van der Waals surface area (Å²) in [4.78, 5) is 13.2.